The highest BCUT2D eigenvalue weighted by Gasteiger charge is 2.21. The van der Waals surface area contributed by atoms with Crippen LogP contribution in [0.5, 0.6) is 0 Å². The number of thioether (sulfide) groups is 1. The summed E-state index contributed by atoms with van der Waals surface area (Å²) in [6.07, 6.45) is 5.93. The van der Waals surface area contributed by atoms with Crippen LogP contribution in [0.2, 0.25) is 0 Å². The summed E-state index contributed by atoms with van der Waals surface area (Å²) in [5.41, 5.74) is 0. The van der Waals surface area contributed by atoms with E-state index in [1.165, 1.54) is 0 Å². The highest BCUT2D eigenvalue weighted by Crippen LogP contribution is 2.20. The van der Waals surface area contributed by atoms with Crippen LogP contribution in [0.3, 0.4) is 0 Å². The number of carbonyl (C=O) groups is 1. The molecule has 2 heterocycles. The summed E-state index contributed by atoms with van der Waals surface area (Å²) in [5.74, 6) is 2.08. The van der Waals surface area contributed by atoms with E-state index in [0.717, 1.165) is 74.5 Å². The minimum atomic E-state index is 0.138. The Morgan fingerprint density at radius 1 is 1.36 bits per heavy atom. The third kappa shape index (κ3) is 9.25. The van der Waals surface area contributed by atoms with Crippen molar-refractivity contribution in [1.82, 2.24) is 25.8 Å². The molecule has 1 aromatic rings. The molecule has 0 radical (unpaired) electrons. The molecule has 1 aliphatic rings. The number of carbonyl (C=O) groups excluding carboxylic acids is 1. The van der Waals surface area contributed by atoms with Crippen LogP contribution in [0.15, 0.2) is 20.9 Å². The largest absolute Gasteiger partial charge is 0.357 e. The standard InChI is InChI=1S/C19H34N6OS2/c1-3-8-21-17(26)15-25-11-6-16(7-12-25)24-18(20-4-2)22-9-5-13-27-19-23-10-14-28-19/h10,14,16H,3-9,11-13,15H2,1-2H3,(H,21,26)(H2,20,22,24). The van der Waals surface area contributed by atoms with Crippen molar-refractivity contribution in [2.75, 3.05) is 45.0 Å². The summed E-state index contributed by atoms with van der Waals surface area (Å²) in [7, 11) is 0. The lowest BCUT2D eigenvalue weighted by Crippen LogP contribution is -2.50. The number of thiazole rings is 1. The number of guanidine groups is 1. The van der Waals surface area contributed by atoms with Gasteiger partial charge in [-0.2, -0.15) is 0 Å². The summed E-state index contributed by atoms with van der Waals surface area (Å²) < 4.78 is 1.13. The average Bonchev–Trinajstić information content (AvgIpc) is 3.21. The van der Waals surface area contributed by atoms with Gasteiger partial charge in [0.2, 0.25) is 5.91 Å². The van der Waals surface area contributed by atoms with E-state index in [1.54, 1.807) is 23.1 Å². The number of aromatic nitrogens is 1. The average molecular weight is 427 g/mol. The van der Waals surface area contributed by atoms with Crippen LogP contribution >= 0.6 is 23.1 Å². The Balaban J connectivity index is 1.65. The van der Waals surface area contributed by atoms with Crippen LogP contribution in [0.1, 0.15) is 39.5 Å². The lowest BCUT2D eigenvalue weighted by atomic mass is 10.1. The maximum atomic E-state index is 11.9. The van der Waals surface area contributed by atoms with E-state index in [-0.39, 0.29) is 5.91 Å². The number of piperidine rings is 1. The second kappa shape index (κ2) is 13.8. The van der Waals surface area contributed by atoms with Crippen LogP contribution in [0.4, 0.5) is 0 Å². The van der Waals surface area contributed by atoms with Gasteiger partial charge in [-0.05, 0) is 32.6 Å². The zero-order valence-electron chi connectivity index (χ0n) is 17.1. The maximum absolute atomic E-state index is 11.9. The highest BCUT2D eigenvalue weighted by atomic mass is 32.2. The van der Waals surface area contributed by atoms with Gasteiger partial charge >= 0.3 is 0 Å². The molecule has 7 nitrogen and oxygen atoms in total. The molecule has 1 aliphatic heterocycles. The number of nitrogens with one attached hydrogen (secondary N) is 3. The Hall–Kier alpha value is -1.32. The minimum Gasteiger partial charge on any atom is -0.357 e. The van der Waals surface area contributed by atoms with Crippen molar-refractivity contribution in [3.8, 4) is 0 Å². The van der Waals surface area contributed by atoms with Gasteiger partial charge in [-0.3, -0.25) is 14.7 Å². The van der Waals surface area contributed by atoms with Crippen molar-refractivity contribution in [3.05, 3.63) is 11.6 Å². The van der Waals surface area contributed by atoms with Gasteiger partial charge in [-0.15, -0.1) is 11.3 Å². The molecular weight excluding hydrogens is 392 g/mol. The first-order valence-corrected chi connectivity index (χ1v) is 12.1. The molecule has 2 rings (SSSR count). The fourth-order valence-electron chi connectivity index (χ4n) is 2.97. The molecule has 1 saturated heterocycles. The molecule has 0 aliphatic carbocycles. The molecule has 1 fully saturated rings. The Kier molecular flexibility index (Phi) is 11.3. The fraction of sp³-hybridized carbons (Fsp3) is 0.737. The highest BCUT2D eigenvalue weighted by molar-refractivity contribution is 8.00. The zero-order chi connectivity index (χ0) is 20.0. The van der Waals surface area contributed by atoms with Crippen molar-refractivity contribution < 1.29 is 4.79 Å². The number of hydrogen-bond acceptors (Lipinski definition) is 6. The monoisotopic (exact) mass is 426 g/mol. The summed E-state index contributed by atoms with van der Waals surface area (Å²) in [6, 6.07) is 0.414. The van der Waals surface area contributed by atoms with Gasteiger partial charge in [0.05, 0.1) is 6.54 Å². The van der Waals surface area contributed by atoms with Crippen molar-refractivity contribution >= 4 is 35.0 Å². The van der Waals surface area contributed by atoms with Crippen molar-refractivity contribution in [3.63, 3.8) is 0 Å². The lowest BCUT2D eigenvalue weighted by Gasteiger charge is -2.32. The lowest BCUT2D eigenvalue weighted by molar-refractivity contribution is -0.122. The number of amides is 1. The summed E-state index contributed by atoms with van der Waals surface area (Å²) >= 11 is 3.49. The van der Waals surface area contributed by atoms with Crippen molar-refractivity contribution in [1.29, 1.82) is 0 Å². The smallest absolute Gasteiger partial charge is 0.234 e. The quantitative estimate of drug-likeness (QED) is 0.218. The molecule has 158 valence electrons. The Morgan fingerprint density at radius 3 is 2.86 bits per heavy atom. The molecular formula is C19H34N6OS2. The Bertz CT molecular complexity index is 573. The normalized spacial score (nSPS) is 16.1. The van der Waals surface area contributed by atoms with Crippen LogP contribution < -0.4 is 16.0 Å². The van der Waals surface area contributed by atoms with Gasteiger partial charge in [0.15, 0.2) is 5.96 Å². The van der Waals surface area contributed by atoms with E-state index in [2.05, 4.69) is 39.7 Å². The van der Waals surface area contributed by atoms with Crippen molar-refractivity contribution in [2.24, 2.45) is 4.99 Å². The summed E-state index contributed by atoms with van der Waals surface area (Å²) in [4.78, 5) is 23.1. The molecule has 1 aromatic heterocycles. The predicted octanol–water partition coefficient (Wildman–Crippen LogP) is 2.17. The number of rotatable bonds is 11. The number of hydrogen-bond donors (Lipinski definition) is 3. The molecule has 0 unspecified atom stereocenters. The summed E-state index contributed by atoms with van der Waals surface area (Å²) in [5, 5.41) is 11.9. The SMILES string of the molecule is CCCNC(=O)CN1CCC(NC(=NCCCSc2nccs2)NCC)CC1. The molecule has 0 atom stereocenters. The van der Waals surface area contributed by atoms with Crippen LogP contribution in [0.25, 0.3) is 0 Å². The topological polar surface area (TPSA) is 81.7 Å². The molecule has 0 saturated carbocycles. The second-order valence-corrected chi connectivity index (χ2v) is 9.04. The molecule has 9 heteroatoms. The van der Waals surface area contributed by atoms with Gasteiger partial charge in [-0.25, -0.2) is 4.98 Å². The van der Waals surface area contributed by atoms with Crippen molar-refractivity contribution in [2.45, 2.75) is 49.9 Å². The Morgan fingerprint density at radius 2 is 2.18 bits per heavy atom. The fourth-order valence-corrected chi connectivity index (χ4v) is 4.60. The van der Waals surface area contributed by atoms with Gasteiger partial charge in [-0.1, -0.05) is 18.7 Å². The molecule has 0 spiro atoms. The molecule has 0 bridgehead atoms. The number of likely N-dealkylation sites (tertiary alicyclic amines) is 1. The molecule has 3 N–H and O–H groups in total. The second-order valence-electron chi connectivity index (χ2n) is 6.81. The van der Waals surface area contributed by atoms with E-state index < -0.39 is 0 Å². The zero-order valence-corrected chi connectivity index (χ0v) is 18.7. The van der Waals surface area contributed by atoms with E-state index in [0.29, 0.717) is 12.6 Å². The third-order valence-corrected chi connectivity index (χ3v) is 6.47. The maximum Gasteiger partial charge on any atom is 0.234 e. The number of nitrogens with zero attached hydrogens (tertiary/aromatic N) is 3. The predicted molar refractivity (Wildman–Crippen MR) is 119 cm³/mol. The van der Waals surface area contributed by atoms with Gasteiger partial charge in [0.1, 0.15) is 4.34 Å². The van der Waals surface area contributed by atoms with E-state index in [4.69, 9.17) is 4.99 Å². The molecule has 0 aromatic carbocycles. The van der Waals surface area contributed by atoms with Crippen LogP contribution in [0, 0.1) is 0 Å². The Labute approximate surface area is 177 Å². The number of aliphatic imine (C=N–C) groups is 1. The van der Waals surface area contributed by atoms with Gasteiger partial charge < -0.3 is 16.0 Å². The van der Waals surface area contributed by atoms with E-state index >= 15 is 0 Å². The van der Waals surface area contributed by atoms with Gasteiger partial charge in [0.25, 0.3) is 0 Å². The van der Waals surface area contributed by atoms with E-state index in [1.807, 2.05) is 11.6 Å². The first kappa shape index (κ1) is 23.0. The molecule has 1 amide bonds. The van der Waals surface area contributed by atoms with Crippen LogP contribution in [-0.2, 0) is 4.79 Å². The minimum absolute atomic E-state index is 0.138. The molecule has 28 heavy (non-hydrogen) atoms. The van der Waals surface area contributed by atoms with Gasteiger partial charge in [0, 0.05) is 56.1 Å². The van der Waals surface area contributed by atoms with Crippen LogP contribution in [-0.4, -0.2) is 72.8 Å². The first-order valence-electron chi connectivity index (χ1n) is 10.3. The summed E-state index contributed by atoms with van der Waals surface area (Å²) in [6.45, 7) is 9.00. The first-order chi connectivity index (χ1) is 13.7. The van der Waals surface area contributed by atoms with E-state index in [9.17, 15) is 4.79 Å². The third-order valence-electron chi connectivity index (χ3n) is 4.42.